The van der Waals surface area contributed by atoms with E-state index >= 15 is 0 Å². The molecule has 0 aliphatic heterocycles. The van der Waals surface area contributed by atoms with Crippen LogP contribution in [-0.4, -0.2) is 20.2 Å². The highest BCUT2D eigenvalue weighted by Gasteiger charge is 2.18. The molecule has 2 aromatic heterocycles. The van der Waals surface area contributed by atoms with Crippen LogP contribution in [0.2, 0.25) is 0 Å². The standard InChI is InChI=1S/C38H24N4/c1-2-10-26(11-3-1)37-38(42-34-17-9-8-16-33(34)41-37)27-20-18-25(19-21-27)35-29-12-4-6-14-31(29)36(28-22-23-39-40-24-28)32-15-7-5-13-30(32)35/h1-24H. The molecule has 0 bridgehead atoms. The van der Waals surface area contributed by atoms with Crippen LogP contribution in [-0.2, 0) is 0 Å². The second kappa shape index (κ2) is 10.0. The molecule has 0 fully saturated rings. The molecule has 196 valence electrons. The first-order valence-electron chi connectivity index (χ1n) is 14.0. The number of hydrogen-bond acceptors (Lipinski definition) is 4. The molecule has 0 saturated heterocycles. The van der Waals surface area contributed by atoms with E-state index in [1.165, 1.54) is 32.7 Å². The third-order valence-electron chi connectivity index (χ3n) is 7.87. The quantitative estimate of drug-likeness (QED) is 0.210. The molecule has 4 heteroatoms. The van der Waals surface area contributed by atoms with E-state index in [0.717, 1.165) is 44.7 Å². The molecular weight excluding hydrogens is 512 g/mol. The highest BCUT2D eigenvalue weighted by Crippen LogP contribution is 2.43. The smallest absolute Gasteiger partial charge is 0.0973 e. The van der Waals surface area contributed by atoms with E-state index in [1.54, 1.807) is 6.20 Å². The van der Waals surface area contributed by atoms with Gasteiger partial charge in [0.05, 0.1) is 34.8 Å². The molecule has 0 spiro atoms. The summed E-state index contributed by atoms with van der Waals surface area (Å²) in [5.41, 5.74) is 10.2. The van der Waals surface area contributed by atoms with Crippen molar-refractivity contribution in [3.8, 4) is 44.8 Å². The summed E-state index contributed by atoms with van der Waals surface area (Å²) in [6.07, 6.45) is 3.60. The third-order valence-corrected chi connectivity index (χ3v) is 7.87. The number of rotatable bonds is 4. The van der Waals surface area contributed by atoms with Crippen molar-refractivity contribution in [1.82, 2.24) is 20.2 Å². The molecule has 0 amide bonds. The minimum Gasteiger partial charge on any atom is -0.244 e. The van der Waals surface area contributed by atoms with Crippen LogP contribution in [0.4, 0.5) is 0 Å². The lowest BCUT2D eigenvalue weighted by atomic mass is 9.86. The largest absolute Gasteiger partial charge is 0.244 e. The number of para-hydroxylation sites is 2. The van der Waals surface area contributed by atoms with Gasteiger partial charge in [-0.3, -0.25) is 0 Å². The molecule has 0 atom stereocenters. The van der Waals surface area contributed by atoms with E-state index in [0.29, 0.717) is 0 Å². The van der Waals surface area contributed by atoms with Crippen molar-refractivity contribution >= 4 is 32.6 Å². The van der Waals surface area contributed by atoms with Gasteiger partial charge in [0.15, 0.2) is 0 Å². The summed E-state index contributed by atoms with van der Waals surface area (Å²) in [7, 11) is 0. The molecule has 0 unspecified atom stereocenters. The van der Waals surface area contributed by atoms with Crippen LogP contribution in [0.5, 0.6) is 0 Å². The van der Waals surface area contributed by atoms with Gasteiger partial charge in [-0.1, -0.05) is 115 Å². The molecule has 0 aliphatic rings. The van der Waals surface area contributed by atoms with Crippen molar-refractivity contribution in [1.29, 1.82) is 0 Å². The third kappa shape index (κ3) is 4.01. The Kier molecular flexibility index (Phi) is 5.75. The lowest BCUT2D eigenvalue weighted by Crippen LogP contribution is -1.95. The molecule has 6 aromatic carbocycles. The SMILES string of the molecule is c1ccc(-c2nc3ccccc3nc2-c2ccc(-c3c4ccccc4c(-c4ccnnc4)c4ccccc34)cc2)cc1. The lowest BCUT2D eigenvalue weighted by Gasteiger charge is -2.17. The van der Waals surface area contributed by atoms with Crippen molar-refractivity contribution in [2.45, 2.75) is 0 Å². The van der Waals surface area contributed by atoms with Gasteiger partial charge in [0.1, 0.15) is 0 Å². The van der Waals surface area contributed by atoms with Gasteiger partial charge in [-0.05, 0) is 56.4 Å². The molecule has 0 aliphatic carbocycles. The van der Waals surface area contributed by atoms with Crippen LogP contribution in [0.15, 0.2) is 146 Å². The summed E-state index contributed by atoms with van der Waals surface area (Å²) in [6.45, 7) is 0. The van der Waals surface area contributed by atoms with E-state index in [2.05, 4.69) is 95.1 Å². The maximum atomic E-state index is 5.10. The zero-order valence-electron chi connectivity index (χ0n) is 22.6. The fraction of sp³-hybridized carbons (Fsp3) is 0. The first-order chi connectivity index (χ1) is 20.8. The number of fused-ring (bicyclic) bond motifs is 3. The van der Waals surface area contributed by atoms with Gasteiger partial charge in [-0.25, -0.2) is 9.97 Å². The Labute approximate surface area is 243 Å². The summed E-state index contributed by atoms with van der Waals surface area (Å²) in [5.74, 6) is 0. The van der Waals surface area contributed by atoms with Crippen molar-refractivity contribution in [3.63, 3.8) is 0 Å². The average molecular weight is 537 g/mol. The van der Waals surface area contributed by atoms with Crippen LogP contribution < -0.4 is 0 Å². The molecule has 8 rings (SSSR count). The molecule has 4 nitrogen and oxygen atoms in total. The van der Waals surface area contributed by atoms with Gasteiger partial charge in [0.25, 0.3) is 0 Å². The van der Waals surface area contributed by atoms with Crippen molar-refractivity contribution in [2.75, 3.05) is 0 Å². The number of hydrogen-bond donors (Lipinski definition) is 0. The van der Waals surface area contributed by atoms with E-state index in [4.69, 9.17) is 9.97 Å². The minimum atomic E-state index is 0.877. The van der Waals surface area contributed by atoms with E-state index < -0.39 is 0 Å². The lowest BCUT2D eigenvalue weighted by molar-refractivity contribution is 1.03. The van der Waals surface area contributed by atoms with Crippen molar-refractivity contribution in [3.05, 3.63) is 146 Å². The van der Waals surface area contributed by atoms with Crippen LogP contribution in [0.3, 0.4) is 0 Å². The summed E-state index contributed by atoms with van der Waals surface area (Å²) in [6, 6.07) is 46.4. The predicted octanol–water partition coefficient (Wildman–Crippen LogP) is 9.39. The first kappa shape index (κ1) is 24.1. The van der Waals surface area contributed by atoms with Crippen LogP contribution in [0, 0.1) is 0 Å². The summed E-state index contributed by atoms with van der Waals surface area (Å²) in [5, 5.41) is 13.0. The topological polar surface area (TPSA) is 51.6 Å². The Hall–Kier alpha value is -5.74. The second-order valence-corrected chi connectivity index (χ2v) is 10.3. The maximum Gasteiger partial charge on any atom is 0.0973 e. The molecule has 2 heterocycles. The molecule has 0 saturated carbocycles. The van der Waals surface area contributed by atoms with E-state index in [1.807, 2.05) is 54.7 Å². The van der Waals surface area contributed by atoms with Crippen LogP contribution in [0.1, 0.15) is 0 Å². The van der Waals surface area contributed by atoms with Gasteiger partial charge in [0, 0.05) is 16.7 Å². The number of aromatic nitrogens is 4. The zero-order valence-corrected chi connectivity index (χ0v) is 22.6. The molecular formula is C38H24N4. The Balaban J connectivity index is 1.34. The van der Waals surface area contributed by atoms with Crippen molar-refractivity contribution < 1.29 is 0 Å². The Morgan fingerprint density at radius 2 is 0.786 bits per heavy atom. The van der Waals surface area contributed by atoms with Crippen LogP contribution >= 0.6 is 0 Å². The average Bonchev–Trinajstić information content (AvgIpc) is 3.07. The first-order valence-corrected chi connectivity index (χ1v) is 14.0. The highest BCUT2D eigenvalue weighted by atomic mass is 15.1. The number of nitrogens with zero attached hydrogens (tertiary/aromatic N) is 4. The minimum absolute atomic E-state index is 0.877. The Morgan fingerprint density at radius 3 is 1.31 bits per heavy atom. The second-order valence-electron chi connectivity index (χ2n) is 10.3. The normalized spacial score (nSPS) is 11.3. The van der Waals surface area contributed by atoms with E-state index in [-0.39, 0.29) is 0 Å². The summed E-state index contributed by atoms with van der Waals surface area (Å²) < 4.78 is 0. The van der Waals surface area contributed by atoms with Gasteiger partial charge in [-0.15, -0.1) is 0 Å². The molecule has 42 heavy (non-hydrogen) atoms. The monoisotopic (exact) mass is 536 g/mol. The predicted molar refractivity (Wildman–Crippen MR) is 172 cm³/mol. The van der Waals surface area contributed by atoms with Crippen LogP contribution in [0.25, 0.3) is 77.3 Å². The Bertz CT molecular complexity index is 2170. The van der Waals surface area contributed by atoms with Gasteiger partial charge < -0.3 is 0 Å². The molecule has 0 N–H and O–H groups in total. The van der Waals surface area contributed by atoms with E-state index in [9.17, 15) is 0 Å². The van der Waals surface area contributed by atoms with Crippen molar-refractivity contribution in [2.24, 2.45) is 0 Å². The zero-order chi connectivity index (χ0) is 27.9. The molecule has 8 aromatic rings. The summed E-state index contributed by atoms with van der Waals surface area (Å²) >= 11 is 0. The highest BCUT2D eigenvalue weighted by molar-refractivity contribution is 6.21. The summed E-state index contributed by atoms with van der Waals surface area (Å²) in [4.78, 5) is 10.1. The fourth-order valence-corrected chi connectivity index (χ4v) is 5.98. The molecule has 0 radical (unpaired) electrons. The Morgan fingerprint density at radius 1 is 0.333 bits per heavy atom. The van der Waals surface area contributed by atoms with Gasteiger partial charge >= 0.3 is 0 Å². The van der Waals surface area contributed by atoms with Gasteiger partial charge in [-0.2, -0.15) is 10.2 Å². The fourth-order valence-electron chi connectivity index (χ4n) is 5.98. The number of benzene rings is 6. The van der Waals surface area contributed by atoms with Gasteiger partial charge in [0.2, 0.25) is 0 Å². The maximum absolute atomic E-state index is 5.10.